The van der Waals surface area contributed by atoms with Crippen molar-refractivity contribution in [3.05, 3.63) is 18.5 Å². The second-order valence-electron chi connectivity index (χ2n) is 5.86. The molecule has 2 rings (SSSR count). The van der Waals surface area contributed by atoms with Gasteiger partial charge in [0.05, 0.1) is 18.1 Å². The van der Waals surface area contributed by atoms with Crippen molar-refractivity contribution in [1.82, 2.24) is 25.0 Å². The summed E-state index contributed by atoms with van der Waals surface area (Å²) in [6.07, 6.45) is 4.67. The first kappa shape index (κ1) is 16.6. The van der Waals surface area contributed by atoms with Crippen molar-refractivity contribution in [1.29, 1.82) is 0 Å². The van der Waals surface area contributed by atoms with E-state index >= 15 is 0 Å². The summed E-state index contributed by atoms with van der Waals surface area (Å²) < 4.78 is 1.91. The van der Waals surface area contributed by atoms with Crippen LogP contribution in [0, 0.1) is 0 Å². The fourth-order valence-corrected chi connectivity index (χ4v) is 2.38. The predicted octanol–water partition coefficient (Wildman–Crippen LogP) is 2.25. The van der Waals surface area contributed by atoms with E-state index < -0.39 is 0 Å². The summed E-state index contributed by atoms with van der Waals surface area (Å²) >= 11 is 5.30. The van der Waals surface area contributed by atoms with Gasteiger partial charge >= 0.3 is 0 Å². The quantitative estimate of drug-likeness (QED) is 0.629. The number of nitrogens with zero attached hydrogens (tertiary/aromatic N) is 4. The van der Waals surface area contributed by atoms with Gasteiger partial charge < -0.3 is 15.5 Å². The Labute approximate surface area is 136 Å². The normalized spacial score (nSPS) is 11.4. The van der Waals surface area contributed by atoms with Crippen LogP contribution in [0.2, 0.25) is 0 Å². The van der Waals surface area contributed by atoms with E-state index in [1.165, 1.54) is 0 Å². The SMILES string of the molecule is CC(C)n1ncc2cc(NC(=S)NCCCN(C)C)cnc21. The highest BCUT2D eigenvalue weighted by Gasteiger charge is 2.08. The fourth-order valence-electron chi connectivity index (χ4n) is 2.16. The Kier molecular flexibility index (Phi) is 5.68. The smallest absolute Gasteiger partial charge is 0.170 e. The maximum absolute atomic E-state index is 5.30. The third-order valence-corrected chi connectivity index (χ3v) is 3.49. The summed E-state index contributed by atoms with van der Waals surface area (Å²) in [4.78, 5) is 6.63. The number of hydrogen-bond donors (Lipinski definition) is 2. The molecule has 0 aliphatic carbocycles. The highest BCUT2D eigenvalue weighted by atomic mass is 32.1. The molecular formula is C15H24N6S. The van der Waals surface area contributed by atoms with Crippen LogP contribution in [0.25, 0.3) is 11.0 Å². The first-order valence-electron chi connectivity index (χ1n) is 7.50. The Morgan fingerprint density at radius 3 is 2.82 bits per heavy atom. The van der Waals surface area contributed by atoms with Crippen molar-refractivity contribution >= 4 is 34.1 Å². The minimum Gasteiger partial charge on any atom is -0.362 e. The lowest BCUT2D eigenvalue weighted by atomic mass is 10.3. The van der Waals surface area contributed by atoms with E-state index in [1.807, 2.05) is 16.9 Å². The molecule has 0 aliphatic heterocycles. The van der Waals surface area contributed by atoms with E-state index in [9.17, 15) is 0 Å². The zero-order valence-electron chi connectivity index (χ0n) is 13.6. The van der Waals surface area contributed by atoms with Gasteiger partial charge in [0, 0.05) is 18.0 Å². The number of pyridine rings is 1. The molecule has 2 N–H and O–H groups in total. The average molecular weight is 320 g/mol. The van der Waals surface area contributed by atoms with Crippen molar-refractivity contribution in [2.75, 3.05) is 32.5 Å². The molecule has 0 aliphatic rings. The molecule has 22 heavy (non-hydrogen) atoms. The largest absolute Gasteiger partial charge is 0.362 e. The molecule has 0 atom stereocenters. The monoisotopic (exact) mass is 320 g/mol. The molecule has 6 nitrogen and oxygen atoms in total. The molecule has 0 saturated carbocycles. The molecule has 0 radical (unpaired) electrons. The number of hydrogen-bond acceptors (Lipinski definition) is 4. The van der Waals surface area contributed by atoms with Crippen LogP contribution in [-0.4, -0.2) is 52.0 Å². The zero-order valence-corrected chi connectivity index (χ0v) is 14.4. The van der Waals surface area contributed by atoms with Crippen molar-refractivity contribution in [2.45, 2.75) is 26.3 Å². The number of anilines is 1. The van der Waals surface area contributed by atoms with Gasteiger partial charge in [-0.15, -0.1) is 0 Å². The van der Waals surface area contributed by atoms with E-state index in [4.69, 9.17) is 12.2 Å². The first-order valence-corrected chi connectivity index (χ1v) is 7.91. The first-order chi connectivity index (χ1) is 10.5. The molecule has 0 fully saturated rings. The Balaban J connectivity index is 1.93. The summed E-state index contributed by atoms with van der Waals surface area (Å²) in [7, 11) is 4.13. The van der Waals surface area contributed by atoms with Crippen LogP contribution in [-0.2, 0) is 0 Å². The third-order valence-electron chi connectivity index (χ3n) is 3.25. The minimum absolute atomic E-state index is 0.295. The predicted molar refractivity (Wildman–Crippen MR) is 95.3 cm³/mol. The summed E-state index contributed by atoms with van der Waals surface area (Å²) in [5.74, 6) is 0. The molecule has 2 heterocycles. The molecule has 120 valence electrons. The van der Waals surface area contributed by atoms with Crippen molar-refractivity contribution in [3.63, 3.8) is 0 Å². The highest BCUT2D eigenvalue weighted by molar-refractivity contribution is 7.80. The van der Waals surface area contributed by atoms with Crippen LogP contribution in [0.4, 0.5) is 5.69 Å². The molecule has 2 aromatic heterocycles. The van der Waals surface area contributed by atoms with Gasteiger partial charge in [0.1, 0.15) is 0 Å². The number of fused-ring (bicyclic) bond motifs is 1. The topological polar surface area (TPSA) is 58.0 Å². The Hall–Kier alpha value is -1.73. The lowest BCUT2D eigenvalue weighted by Gasteiger charge is -2.12. The highest BCUT2D eigenvalue weighted by Crippen LogP contribution is 2.18. The van der Waals surface area contributed by atoms with E-state index in [0.29, 0.717) is 11.2 Å². The van der Waals surface area contributed by atoms with E-state index in [-0.39, 0.29) is 0 Å². The zero-order chi connectivity index (χ0) is 16.1. The van der Waals surface area contributed by atoms with E-state index in [2.05, 4.69) is 53.6 Å². The maximum Gasteiger partial charge on any atom is 0.170 e. The summed E-state index contributed by atoms with van der Waals surface area (Å²) in [5, 5.41) is 12.4. The van der Waals surface area contributed by atoms with Gasteiger partial charge in [0.15, 0.2) is 10.8 Å². The summed E-state index contributed by atoms with van der Waals surface area (Å²) in [6, 6.07) is 2.31. The second-order valence-corrected chi connectivity index (χ2v) is 6.27. The van der Waals surface area contributed by atoms with Crippen LogP contribution in [0.3, 0.4) is 0 Å². The van der Waals surface area contributed by atoms with Crippen LogP contribution in [0.15, 0.2) is 18.5 Å². The molecule has 2 aromatic rings. The third kappa shape index (κ3) is 4.38. The average Bonchev–Trinajstić information content (AvgIpc) is 2.86. The van der Waals surface area contributed by atoms with Gasteiger partial charge in [0.25, 0.3) is 0 Å². The molecule has 0 saturated heterocycles. The van der Waals surface area contributed by atoms with Gasteiger partial charge in [-0.1, -0.05) is 0 Å². The van der Waals surface area contributed by atoms with Gasteiger partial charge in [-0.2, -0.15) is 5.10 Å². The van der Waals surface area contributed by atoms with Crippen LogP contribution in [0.1, 0.15) is 26.3 Å². The van der Waals surface area contributed by atoms with E-state index in [0.717, 1.165) is 36.2 Å². The lowest BCUT2D eigenvalue weighted by molar-refractivity contribution is 0.400. The summed E-state index contributed by atoms with van der Waals surface area (Å²) in [5.41, 5.74) is 1.77. The van der Waals surface area contributed by atoms with E-state index in [1.54, 1.807) is 6.20 Å². The van der Waals surface area contributed by atoms with Crippen LogP contribution >= 0.6 is 12.2 Å². The molecule has 0 spiro atoms. The lowest BCUT2D eigenvalue weighted by Crippen LogP contribution is -2.30. The molecule has 0 unspecified atom stereocenters. The molecule has 0 aromatic carbocycles. The Morgan fingerprint density at radius 1 is 1.36 bits per heavy atom. The number of nitrogens with one attached hydrogen (secondary N) is 2. The standard InChI is InChI=1S/C15H24N6S/c1-11(2)21-14-12(9-18-21)8-13(10-17-14)19-15(22)16-6-5-7-20(3)4/h8-11H,5-7H2,1-4H3,(H2,16,19,22). The maximum atomic E-state index is 5.30. The van der Waals surface area contributed by atoms with Crippen LogP contribution in [0.5, 0.6) is 0 Å². The fraction of sp³-hybridized carbons (Fsp3) is 0.533. The number of thiocarbonyl (C=S) groups is 1. The van der Waals surface area contributed by atoms with Crippen LogP contribution < -0.4 is 10.6 Å². The van der Waals surface area contributed by atoms with Gasteiger partial charge in [-0.25, -0.2) is 9.67 Å². The minimum atomic E-state index is 0.295. The van der Waals surface area contributed by atoms with Crippen molar-refractivity contribution in [3.8, 4) is 0 Å². The van der Waals surface area contributed by atoms with Crippen molar-refractivity contribution in [2.24, 2.45) is 0 Å². The molecule has 7 heteroatoms. The van der Waals surface area contributed by atoms with Crippen molar-refractivity contribution < 1.29 is 0 Å². The Morgan fingerprint density at radius 2 is 2.14 bits per heavy atom. The molecule has 0 bridgehead atoms. The van der Waals surface area contributed by atoms with Gasteiger partial charge in [-0.3, -0.25) is 0 Å². The van der Waals surface area contributed by atoms with Gasteiger partial charge in [0.2, 0.25) is 0 Å². The second kappa shape index (κ2) is 7.51. The number of aromatic nitrogens is 3. The molecule has 0 amide bonds. The van der Waals surface area contributed by atoms with Gasteiger partial charge in [-0.05, 0) is 59.2 Å². The Bertz CT molecular complexity index is 634. The summed E-state index contributed by atoms with van der Waals surface area (Å²) in [6.45, 7) is 6.07. The molecular weight excluding hydrogens is 296 g/mol. The number of rotatable bonds is 6.